The molecule has 3 heterocycles. The molecule has 0 spiro atoms. The molecule has 2 saturated heterocycles. The Labute approximate surface area is 211 Å². The Morgan fingerprint density at radius 3 is 2.56 bits per heavy atom. The molecule has 1 aromatic heterocycles. The minimum Gasteiger partial charge on any atom is -0.448 e. The number of nitrogens with zero attached hydrogens (tertiary/aromatic N) is 4. The molecule has 2 aliphatic rings. The second-order valence-corrected chi connectivity index (χ2v) is 9.88. The van der Waals surface area contributed by atoms with E-state index >= 15 is 0 Å². The summed E-state index contributed by atoms with van der Waals surface area (Å²) < 4.78 is 19.6. The zero-order valence-corrected chi connectivity index (χ0v) is 20.6. The lowest BCUT2D eigenvalue weighted by molar-refractivity contribution is 0.117. The van der Waals surface area contributed by atoms with Crippen molar-refractivity contribution in [1.82, 2.24) is 14.8 Å². The number of hydrogen-bond acceptors (Lipinski definition) is 4. The van der Waals surface area contributed by atoms with Gasteiger partial charge in [-0.2, -0.15) is 5.26 Å². The van der Waals surface area contributed by atoms with Crippen molar-refractivity contribution < 1.29 is 13.6 Å². The lowest BCUT2D eigenvalue weighted by atomic mass is 9.84. The smallest absolute Gasteiger partial charge is 0.320 e. The highest BCUT2D eigenvalue weighted by Gasteiger charge is 2.36. The average Bonchev–Trinajstić information content (AvgIpc) is 3.43. The molecule has 6 nitrogen and oxygen atoms in total. The molecule has 36 heavy (non-hydrogen) atoms. The number of aromatic nitrogens is 1. The molecular weight excluding hydrogens is 455 g/mol. The minimum absolute atomic E-state index is 0.0168. The normalized spacial score (nSPS) is 20.8. The molecule has 0 saturated carbocycles. The highest BCUT2D eigenvalue weighted by atomic mass is 19.1. The summed E-state index contributed by atoms with van der Waals surface area (Å²) >= 11 is 0. The highest BCUT2D eigenvalue weighted by molar-refractivity contribution is 5.75. The molecular formula is C29H31FN4O2. The van der Waals surface area contributed by atoms with Crippen LogP contribution in [0, 0.1) is 23.1 Å². The van der Waals surface area contributed by atoms with Gasteiger partial charge in [-0.3, -0.25) is 0 Å². The molecule has 2 amide bonds. The fraction of sp³-hybridized carbons (Fsp3) is 0.414. The number of halogens is 1. The van der Waals surface area contributed by atoms with Crippen LogP contribution >= 0.6 is 0 Å². The van der Waals surface area contributed by atoms with E-state index < -0.39 is 0 Å². The second-order valence-electron chi connectivity index (χ2n) is 9.88. The van der Waals surface area contributed by atoms with E-state index in [1.807, 2.05) is 15.9 Å². The summed E-state index contributed by atoms with van der Waals surface area (Å²) in [5, 5.41) is 9.22. The fourth-order valence-corrected chi connectivity index (χ4v) is 5.36. The van der Waals surface area contributed by atoms with Crippen molar-refractivity contribution in [2.75, 3.05) is 26.2 Å². The van der Waals surface area contributed by atoms with Crippen LogP contribution in [0.2, 0.25) is 0 Å². The van der Waals surface area contributed by atoms with E-state index in [0.717, 1.165) is 25.7 Å². The Hall–Kier alpha value is -3.66. The Balaban J connectivity index is 1.39. The van der Waals surface area contributed by atoms with Gasteiger partial charge < -0.3 is 14.2 Å². The molecule has 2 unspecified atom stereocenters. The number of urea groups is 1. The summed E-state index contributed by atoms with van der Waals surface area (Å²) in [5.41, 5.74) is 3.75. The Bertz CT molecular complexity index is 1240. The first-order valence-electron chi connectivity index (χ1n) is 12.8. The van der Waals surface area contributed by atoms with Crippen LogP contribution in [0.3, 0.4) is 0 Å². The Kier molecular flexibility index (Phi) is 7.04. The van der Waals surface area contributed by atoms with Crippen LogP contribution < -0.4 is 0 Å². The number of amides is 2. The van der Waals surface area contributed by atoms with E-state index in [1.165, 1.54) is 23.3 Å². The van der Waals surface area contributed by atoms with Crippen LogP contribution in [0.25, 0.3) is 11.3 Å². The van der Waals surface area contributed by atoms with Crippen LogP contribution in [0.1, 0.15) is 55.0 Å². The van der Waals surface area contributed by atoms with Gasteiger partial charge in [-0.15, -0.1) is 0 Å². The minimum atomic E-state index is -0.317. The van der Waals surface area contributed by atoms with Crippen LogP contribution in [-0.2, 0) is 6.42 Å². The molecule has 7 heteroatoms. The molecule has 2 atom stereocenters. The number of carbonyl (C=O) groups is 1. The first-order chi connectivity index (χ1) is 17.5. The number of hydrogen-bond donors (Lipinski definition) is 0. The Morgan fingerprint density at radius 2 is 1.86 bits per heavy atom. The molecule has 2 fully saturated rings. The van der Waals surface area contributed by atoms with Gasteiger partial charge in [-0.05, 0) is 48.9 Å². The summed E-state index contributed by atoms with van der Waals surface area (Å²) in [6, 6.07) is 17.3. The second kappa shape index (κ2) is 10.5. The van der Waals surface area contributed by atoms with Gasteiger partial charge in [0.2, 0.25) is 0 Å². The monoisotopic (exact) mass is 486 g/mol. The molecule has 2 aromatic carbocycles. The summed E-state index contributed by atoms with van der Waals surface area (Å²) in [6.07, 6.45) is 4.81. The van der Waals surface area contributed by atoms with E-state index in [4.69, 9.17) is 9.40 Å². The Morgan fingerprint density at radius 1 is 1.11 bits per heavy atom. The van der Waals surface area contributed by atoms with Crippen molar-refractivity contribution in [2.45, 2.75) is 44.4 Å². The summed E-state index contributed by atoms with van der Waals surface area (Å²) in [5.74, 6) is 0.367. The molecule has 0 aliphatic carbocycles. The SMILES string of the molecule is CCc1ccc(C2CC(c3nc(-c4cccc(F)c4)co3)CN(C(=O)N3CCC(C#N)CC3)C2)cc1. The molecule has 186 valence electrons. The van der Waals surface area contributed by atoms with E-state index in [9.17, 15) is 14.4 Å². The molecule has 3 aromatic rings. The van der Waals surface area contributed by atoms with Gasteiger partial charge in [-0.1, -0.05) is 43.3 Å². The molecule has 5 rings (SSSR count). The number of rotatable bonds is 4. The van der Waals surface area contributed by atoms with Gasteiger partial charge in [0.1, 0.15) is 17.8 Å². The molecule has 0 bridgehead atoms. The van der Waals surface area contributed by atoms with Gasteiger partial charge in [0.25, 0.3) is 0 Å². The predicted molar refractivity (Wildman–Crippen MR) is 135 cm³/mol. The number of carbonyl (C=O) groups excluding carboxylic acids is 1. The zero-order chi connectivity index (χ0) is 25.1. The van der Waals surface area contributed by atoms with E-state index in [-0.39, 0.29) is 29.6 Å². The number of nitriles is 1. The van der Waals surface area contributed by atoms with Gasteiger partial charge in [-0.25, -0.2) is 14.2 Å². The molecule has 0 N–H and O–H groups in total. The van der Waals surface area contributed by atoms with Crippen molar-refractivity contribution >= 4 is 6.03 Å². The standard InChI is InChI=1S/C29H31FN4O2/c1-2-20-6-8-22(9-7-20)24-14-25(28-32-27(19-36-28)23-4-3-5-26(30)15-23)18-34(17-24)29(35)33-12-10-21(16-31)11-13-33/h3-9,15,19,21,24-25H,2,10-14,17-18H2,1H3. The third-order valence-corrected chi connectivity index (χ3v) is 7.52. The van der Waals surface area contributed by atoms with Gasteiger partial charge in [0, 0.05) is 43.6 Å². The zero-order valence-electron chi connectivity index (χ0n) is 20.6. The van der Waals surface area contributed by atoms with Crippen molar-refractivity contribution in [3.63, 3.8) is 0 Å². The quantitative estimate of drug-likeness (QED) is 0.455. The maximum absolute atomic E-state index is 13.7. The number of piperidine rings is 2. The van der Waals surface area contributed by atoms with E-state index in [0.29, 0.717) is 43.3 Å². The summed E-state index contributed by atoms with van der Waals surface area (Å²) in [6.45, 7) is 4.51. The first kappa shape index (κ1) is 24.1. The fourth-order valence-electron chi connectivity index (χ4n) is 5.36. The van der Waals surface area contributed by atoms with Crippen molar-refractivity contribution in [1.29, 1.82) is 5.26 Å². The largest absolute Gasteiger partial charge is 0.448 e. The molecule has 2 aliphatic heterocycles. The lowest BCUT2D eigenvalue weighted by Gasteiger charge is -2.40. The third-order valence-electron chi connectivity index (χ3n) is 7.52. The van der Waals surface area contributed by atoms with Crippen molar-refractivity contribution in [2.24, 2.45) is 5.92 Å². The maximum Gasteiger partial charge on any atom is 0.320 e. The van der Waals surface area contributed by atoms with Crippen molar-refractivity contribution in [3.05, 3.63) is 77.6 Å². The van der Waals surface area contributed by atoms with Gasteiger partial charge >= 0.3 is 6.03 Å². The topological polar surface area (TPSA) is 73.4 Å². The van der Waals surface area contributed by atoms with Gasteiger partial charge in [0.05, 0.1) is 12.0 Å². The highest BCUT2D eigenvalue weighted by Crippen LogP contribution is 2.37. The van der Waals surface area contributed by atoms with E-state index in [2.05, 4.69) is 37.3 Å². The number of oxazole rings is 1. The summed E-state index contributed by atoms with van der Waals surface area (Å²) in [4.78, 5) is 22.0. The lowest BCUT2D eigenvalue weighted by Crippen LogP contribution is -2.51. The number of benzene rings is 2. The maximum atomic E-state index is 13.7. The van der Waals surface area contributed by atoms with Crippen LogP contribution in [0.4, 0.5) is 9.18 Å². The third kappa shape index (κ3) is 5.13. The van der Waals surface area contributed by atoms with Crippen LogP contribution in [0.5, 0.6) is 0 Å². The molecule has 0 radical (unpaired) electrons. The van der Waals surface area contributed by atoms with Crippen LogP contribution in [0.15, 0.2) is 59.2 Å². The van der Waals surface area contributed by atoms with Gasteiger partial charge in [0.15, 0.2) is 5.89 Å². The van der Waals surface area contributed by atoms with E-state index in [1.54, 1.807) is 12.3 Å². The average molecular weight is 487 g/mol. The first-order valence-corrected chi connectivity index (χ1v) is 12.8. The van der Waals surface area contributed by atoms with Crippen molar-refractivity contribution in [3.8, 4) is 17.3 Å². The predicted octanol–water partition coefficient (Wildman–Crippen LogP) is 5.97. The number of likely N-dealkylation sites (tertiary alicyclic amines) is 2. The summed E-state index contributed by atoms with van der Waals surface area (Å²) in [7, 11) is 0. The van der Waals surface area contributed by atoms with Crippen LogP contribution in [-0.4, -0.2) is 47.0 Å². The number of aryl methyl sites for hydroxylation is 1.